The summed E-state index contributed by atoms with van der Waals surface area (Å²) in [4.78, 5) is 24.6. The average molecular weight is 439 g/mol. The largest absolute Gasteiger partial charge is 0.466 e. The summed E-state index contributed by atoms with van der Waals surface area (Å²) in [5.74, 6) is 0.116. The van der Waals surface area contributed by atoms with E-state index in [4.69, 9.17) is 13.6 Å². The molecule has 1 aliphatic rings. The molecule has 0 saturated carbocycles. The number of nitrogens with zero attached hydrogens (tertiary/aromatic N) is 1. The maximum Gasteiger partial charge on any atom is 0.374 e. The van der Waals surface area contributed by atoms with E-state index in [2.05, 4.69) is 5.32 Å². The van der Waals surface area contributed by atoms with Crippen molar-refractivity contribution >= 4 is 21.9 Å². The van der Waals surface area contributed by atoms with Gasteiger partial charge in [0.25, 0.3) is 10.0 Å². The second-order valence-electron chi connectivity index (χ2n) is 7.21. The molecule has 2 atom stereocenters. The van der Waals surface area contributed by atoms with Crippen molar-refractivity contribution < 1.29 is 31.6 Å². The van der Waals surface area contributed by atoms with Crippen LogP contribution in [0.5, 0.6) is 0 Å². The van der Waals surface area contributed by atoms with Crippen molar-refractivity contribution in [2.24, 2.45) is 0 Å². The Morgan fingerprint density at radius 1 is 1.30 bits per heavy atom. The van der Waals surface area contributed by atoms with Crippen molar-refractivity contribution in [2.45, 2.75) is 57.7 Å². The van der Waals surface area contributed by atoms with Crippen molar-refractivity contribution in [3.05, 3.63) is 41.0 Å². The predicted molar refractivity (Wildman–Crippen MR) is 106 cm³/mol. The number of hydrogen-bond donors (Lipinski definition) is 1. The molecule has 1 amide bonds. The number of hydrogen-bond acceptors (Lipinski definition) is 7. The Kier molecular flexibility index (Phi) is 6.37. The number of amides is 1. The molecular formula is C20H26N2O7S. The van der Waals surface area contributed by atoms with Crippen molar-refractivity contribution in [3.8, 4) is 0 Å². The van der Waals surface area contributed by atoms with E-state index in [1.54, 1.807) is 6.92 Å². The molecule has 1 fully saturated rings. The Bertz CT molecular complexity index is 1040. The van der Waals surface area contributed by atoms with Gasteiger partial charge in [0.2, 0.25) is 16.8 Å². The Labute approximate surface area is 175 Å². The van der Waals surface area contributed by atoms with Crippen LogP contribution in [-0.4, -0.2) is 43.8 Å². The maximum atomic E-state index is 13.0. The lowest BCUT2D eigenvalue weighted by atomic mass is 10.1. The van der Waals surface area contributed by atoms with Crippen LogP contribution >= 0.6 is 0 Å². The lowest BCUT2D eigenvalue weighted by molar-refractivity contribution is -0.124. The monoisotopic (exact) mass is 438 g/mol. The minimum Gasteiger partial charge on any atom is -0.466 e. The zero-order valence-corrected chi connectivity index (χ0v) is 18.2. The summed E-state index contributed by atoms with van der Waals surface area (Å²) < 4.78 is 42.8. The van der Waals surface area contributed by atoms with Crippen LogP contribution in [0.2, 0.25) is 0 Å². The molecule has 2 unspecified atom stereocenters. The van der Waals surface area contributed by atoms with E-state index >= 15 is 0 Å². The van der Waals surface area contributed by atoms with Gasteiger partial charge in [-0.3, -0.25) is 4.79 Å². The van der Waals surface area contributed by atoms with E-state index in [0.29, 0.717) is 18.6 Å². The number of nitrogens with one attached hydrogen (secondary N) is 1. The summed E-state index contributed by atoms with van der Waals surface area (Å²) in [6, 6.07) is 3.11. The highest BCUT2D eigenvalue weighted by atomic mass is 32.2. The van der Waals surface area contributed by atoms with E-state index in [0.717, 1.165) is 15.6 Å². The van der Waals surface area contributed by atoms with Gasteiger partial charge in [0, 0.05) is 12.1 Å². The van der Waals surface area contributed by atoms with E-state index in [1.807, 2.05) is 26.8 Å². The molecule has 1 saturated heterocycles. The van der Waals surface area contributed by atoms with Crippen molar-refractivity contribution in [2.75, 3.05) is 13.2 Å². The number of rotatable bonds is 7. The molecule has 3 rings (SSSR count). The van der Waals surface area contributed by atoms with Gasteiger partial charge in [-0.1, -0.05) is 0 Å². The summed E-state index contributed by atoms with van der Waals surface area (Å²) in [6.07, 6.45) is 0.938. The summed E-state index contributed by atoms with van der Waals surface area (Å²) in [6.45, 7) is 7.43. The molecule has 1 N–H and O–H groups in total. The normalized spacial score (nSPS) is 18.3. The summed E-state index contributed by atoms with van der Waals surface area (Å²) >= 11 is 0. The standard InChI is InChI=1S/C20H26N2O7S/c1-5-27-20(24)17-8-9-18(29-17)30(25,26)22-10-6-7-16(22)19(23)21-13(3)15-11-12(2)28-14(15)4/h8-9,11,13,16H,5-7,10H2,1-4H3,(H,21,23). The van der Waals surface area contributed by atoms with Gasteiger partial charge in [0.1, 0.15) is 17.6 Å². The van der Waals surface area contributed by atoms with Crippen molar-refractivity contribution in [3.63, 3.8) is 0 Å². The van der Waals surface area contributed by atoms with E-state index in [1.165, 1.54) is 12.1 Å². The fourth-order valence-electron chi connectivity index (χ4n) is 3.64. The number of furan rings is 2. The number of carbonyl (C=O) groups is 2. The molecule has 3 heterocycles. The minimum absolute atomic E-state index is 0.143. The van der Waals surface area contributed by atoms with Crippen LogP contribution in [0.25, 0.3) is 0 Å². The lowest BCUT2D eigenvalue weighted by Crippen LogP contribution is -2.46. The van der Waals surface area contributed by atoms with Crippen molar-refractivity contribution in [1.82, 2.24) is 9.62 Å². The van der Waals surface area contributed by atoms with Gasteiger partial charge in [-0.05, 0) is 58.7 Å². The third-order valence-electron chi connectivity index (χ3n) is 5.03. The average Bonchev–Trinajstić information content (AvgIpc) is 3.41. The number of aryl methyl sites for hydroxylation is 2. The van der Waals surface area contributed by atoms with Crippen LogP contribution in [0, 0.1) is 13.8 Å². The summed E-state index contributed by atoms with van der Waals surface area (Å²) in [7, 11) is -4.09. The highest BCUT2D eigenvalue weighted by molar-refractivity contribution is 7.89. The SMILES string of the molecule is CCOC(=O)c1ccc(S(=O)(=O)N2CCCC2C(=O)NC(C)c2cc(C)oc2C)o1. The molecule has 1 aliphatic heterocycles. The first kappa shape index (κ1) is 22.1. The second-order valence-corrected chi connectivity index (χ2v) is 9.03. The van der Waals surface area contributed by atoms with Gasteiger partial charge >= 0.3 is 5.97 Å². The molecule has 2 aromatic rings. The first-order chi connectivity index (χ1) is 14.1. The van der Waals surface area contributed by atoms with Gasteiger partial charge in [-0.25, -0.2) is 13.2 Å². The topological polar surface area (TPSA) is 119 Å². The number of ether oxygens (including phenoxy) is 1. The van der Waals surface area contributed by atoms with Gasteiger partial charge < -0.3 is 18.9 Å². The number of sulfonamides is 1. The van der Waals surface area contributed by atoms with Gasteiger partial charge in [-0.2, -0.15) is 4.31 Å². The Morgan fingerprint density at radius 2 is 2.03 bits per heavy atom. The molecule has 0 aromatic carbocycles. The molecule has 0 aliphatic carbocycles. The number of esters is 1. The Morgan fingerprint density at radius 3 is 2.67 bits per heavy atom. The van der Waals surface area contributed by atoms with Gasteiger partial charge in [-0.15, -0.1) is 0 Å². The maximum absolute atomic E-state index is 13.0. The molecule has 2 aromatic heterocycles. The van der Waals surface area contributed by atoms with Crippen molar-refractivity contribution in [1.29, 1.82) is 0 Å². The molecule has 0 radical (unpaired) electrons. The zero-order valence-electron chi connectivity index (χ0n) is 17.4. The third kappa shape index (κ3) is 4.29. The van der Waals surface area contributed by atoms with E-state index in [-0.39, 0.29) is 36.0 Å². The van der Waals surface area contributed by atoms with Crippen LogP contribution in [0.3, 0.4) is 0 Å². The summed E-state index contributed by atoms with van der Waals surface area (Å²) in [5.41, 5.74) is 0.846. The minimum atomic E-state index is -4.09. The first-order valence-corrected chi connectivity index (χ1v) is 11.2. The zero-order chi connectivity index (χ0) is 22.1. The van der Waals surface area contributed by atoms with Gasteiger partial charge in [0.15, 0.2) is 0 Å². The van der Waals surface area contributed by atoms with Crippen LogP contribution in [0.15, 0.2) is 32.1 Å². The molecular weight excluding hydrogens is 412 g/mol. The van der Waals surface area contributed by atoms with Crippen LogP contribution in [0.1, 0.15) is 60.4 Å². The quantitative estimate of drug-likeness (QED) is 0.660. The van der Waals surface area contributed by atoms with Crippen LogP contribution in [-0.2, 0) is 19.6 Å². The second kappa shape index (κ2) is 8.65. The molecule has 10 heteroatoms. The Balaban J connectivity index is 1.76. The van der Waals surface area contributed by atoms with Crippen LogP contribution in [0.4, 0.5) is 0 Å². The predicted octanol–water partition coefficient (Wildman–Crippen LogP) is 2.70. The third-order valence-corrected chi connectivity index (χ3v) is 6.81. The summed E-state index contributed by atoms with van der Waals surface area (Å²) in [5, 5.41) is 2.49. The van der Waals surface area contributed by atoms with E-state index < -0.39 is 22.0 Å². The Hall–Kier alpha value is -2.59. The fourth-order valence-corrected chi connectivity index (χ4v) is 5.22. The molecule has 0 bridgehead atoms. The molecule has 0 spiro atoms. The molecule has 9 nitrogen and oxygen atoms in total. The lowest BCUT2D eigenvalue weighted by Gasteiger charge is -2.24. The first-order valence-electron chi connectivity index (χ1n) is 9.81. The van der Waals surface area contributed by atoms with Crippen LogP contribution < -0.4 is 5.32 Å². The smallest absolute Gasteiger partial charge is 0.374 e. The fraction of sp³-hybridized carbons (Fsp3) is 0.500. The number of carbonyl (C=O) groups excluding carboxylic acids is 2. The van der Waals surface area contributed by atoms with E-state index in [9.17, 15) is 18.0 Å². The molecule has 164 valence electrons. The highest BCUT2D eigenvalue weighted by Gasteiger charge is 2.41. The highest BCUT2D eigenvalue weighted by Crippen LogP contribution is 2.29. The molecule has 30 heavy (non-hydrogen) atoms. The van der Waals surface area contributed by atoms with Gasteiger partial charge in [0.05, 0.1) is 12.6 Å².